The normalized spacial score (nSPS) is 12.1. The van der Waals surface area contributed by atoms with E-state index in [-0.39, 0.29) is 12.2 Å². The third-order valence-corrected chi connectivity index (χ3v) is 1.47. The van der Waals surface area contributed by atoms with E-state index in [2.05, 4.69) is 10.3 Å². The molecule has 12 heavy (non-hydrogen) atoms. The molecule has 1 aromatic heterocycles. The molecule has 0 N–H and O–H groups in total. The molecule has 0 unspecified atom stereocenters. The summed E-state index contributed by atoms with van der Waals surface area (Å²) in [6.45, 7) is 3.06. The van der Waals surface area contributed by atoms with Crippen molar-refractivity contribution in [2.24, 2.45) is 0 Å². The van der Waals surface area contributed by atoms with Crippen molar-refractivity contribution in [3.05, 3.63) is 11.4 Å². The fraction of sp³-hybridized carbons (Fsp3) is 0.667. The van der Waals surface area contributed by atoms with Crippen LogP contribution in [0.3, 0.4) is 0 Å². The van der Waals surface area contributed by atoms with E-state index >= 15 is 0 Å². The first-order chi connectivity index (χ1) is 5.46. The Morgan fingerprint density at radius 1 is 1.42 bits per heavy atom. The van der Waals surface area contributed by atoms with Crippen molar-refractivity contribution in [2.45, 2.75) is 26.6 Å². The van der Waals surface area contributed by atoms with E-state index in [1.807, 2.05) is 0 Å². The lowest BCUT2D eigenvalue weighted by atomic mass is 10.3. The molecule has 0 aliphatic heterocycles. The Morgan fingerprint density at radius 2 is 2.00 bits per heavy atom. The van der Waals surface area contributed by atoms with Gasteiger partial charge >= 0.3 is 6.18 Å². The standard InChI is InChI=1S/C6H8F3N3/c1-3-12-5(6(7,8)9)4(2)10-11-12/h3H2,1-2H3. The van der Waals surface area contributed by atoms with Crippen LogP contribution in [0.1, 0.15) is 18.3 Å². The maximum absolute atomic E-state index is 12.2. The molecule has 0 amide bonds. The van der Waals surface area contributed by atoms with Gasteiger partial charge in [-0.1, -0.05) is 5.21 Å². The van der Waals surface area contributed by atoms with Crippen molar-refractivity contribution in [1.82, 2.24) is 15.0 Å². The zero-order chi connectivity index (χ0) is 9.35. The maximum Gasteiger partial charge on any atom is 0.434 e. The lowest BCUT2D eigenvalue weighted by Gasteiger charge is -2.07. The number of hydrogen-bond acceptors (Lipinski definition) is 2. The highest BCUT2D eigenvalue weighted by Crippen LogP contribution is 2.30. The number of hydrogen-bond donors (Lipinski definition) is 0. The van der Waals surface area contributed by atoms with Crippen LogP contribution < -0.4 is 0 Å². The van der Waals surface area contributed by atoms with E-state index in [1.165, 1.54) is 6.92 Å². The quantitative estimate of drug-likeness (QED) is 0.655. The summed E-state index contributed by atoms with van der Waals surface area (Å²) >= 11 is 0. The van der Waals surface area contributed by atoms with Crippen LogP contribution in [-0.4, -0.2) is 15.0 Å². The summed E-state index contributed by atoms with van der Waals surface area (Å²) < 4.78 is 37.5. The van der Waals surface area contributed by atoms with Crippen LogP contribution in [0.25, 0.3) is 0 Å². The van der Waals surface area contributed by atoms with Crippen molar-refractivity contribution in [1.29, 1.82) is 0 Å². The highest BCUT2D eigenvalue weighted by Gasteiger charge is 2.37. The van der Waals surface area contributed by atoms with Gasteiger partial charge in [0.15, 0.2) is 5.69 Å². The minimum absolute atomic E-state index is 0.0793. The first-order valence-corrected chi connectivity index (χ1v) is 3.44. The van der Waals surface area contributed by atoms with Gasteiger partial charge in [-0.05, 0) is 13.8 Å². The molecule has 0 spiro atoms. The summed E-state index contributed by atoms with van der Waals surface area (Å²) in [6.07, 6.45) is -4.36. The number of nitrogens with zero attached hydrogens (tertiary/aromatic N) is 3. The zero-order valence-corrected chi connectivity index (χ0v) is 6.68. The molecule has 68 valence electrons. The molecule has 0 atom stereocenters. The van der Waals surface area contributed by atoms with E-state index < -0.39 is 11.9 Å². The summed E-state index contributed by atoms with van der Waals surface area (Å²) in [5.41, 5.74) is -0.839. The van der Waals surface area contributed by atoms with Crippen molar-refractivity contribution in [3.8, 4) is 0 Å². The molecular weight excluding hydrogens is 171 g/mol. The third-order valence-electron chi connectivity index (χ3n) is 1.47. The molecule has 0 bridgehead atoms. The largest absolute Gasteiger partial charge is 0.434 e. The molecule has 3 nitrogen and oxygen atoms in total. The van der Waals surface area contributed by atoms with Crippen molar-refractivity contribution in [3.63, 3.8) is 0 Å². The van der Waals surface area contributed by atoms with Crippen LogP contribution in [0, 0.1) is 6.92 Å². The fourth-order valence-electron chi connectivity index (χ4n) is 0.973. The smallest absolute Gasteiger partial charge is 0.240 e. The molecule has 6 heteroatoms. The second-order valence-electron chi connectivity index (χ2n) is 2.34. The fourth-order valence-corrected chi connectivity index (χ4v) is 0.973. The Kier molecular flexibility index (Phi) is 2.08. The Balaban J connectivity index is 3.19. The first-order valence-electron chi connectivity index (χ1n) is 3.44. The van der Waals surface area contributed by atoms with Crippen LogP contribution in [0.4, 0.5) is 13.2 Å². The van der Waals surface area contributed by atoms with E-state index in [9.17, 15) is 13.2 Å². The minimum Gasteiger partial charge on any atom is -0.240 e. The predicted octanol–water partition coefficient (Wildman–Crippen LogP) is 1.63. The lowest BCUT2D eigenvalue weighted by Crippen LogP contribution is -2.14. The van der Waals surface area contributed by atoms with Gasteiger partial charge in [-0.3, -0.25) is 0 Å². The molecule has 1 heterocycles. The maximum atomic E-state index is 12.2. The summed E-state index contributed by atoms with van der Waals surface area (Å²) in [5.74, 6) is 0. The Labute approximate surface area is 67.2 Å². The van der Waals surface area contributed by atoms with Gasteiger partial charge in [0.05, 0.1) is 5.69 Å². The number of rotatable bonds is 1. The highest BCUT2D eigenvalue weighted by atomic mass is 19.4. The van der Waals surface area contributed by atoms with Crippen LogP contribution in [0.2, 0.25) is 0 Å². The van der Waals surface area contributed by atoms with Crippen LogP contribution >= 0.6 is 0 Å². The van der Waals surface area contributed by atoms with Gasteiger partial charge in [-0.25, -0.2) is 4.68 Å². The lowest BCUT2D eigenvalue weighted by molar-refractivity contribution is -0.144. The molecule has 1 aromatic rings. The first kappa shape index (κ1) is 9.02. The molecule has 1 rings (SSSR count). The second-order valence-corrected chi connectivity index (χ2v) is 2.34. The summed E-state index contributed by atoms with van der Waals surface area (Å²) in [7, 11) is 0. The summed E-state index contributed by atoms with van der Waals surface area (Å²) in [4.78, 5) is 0. The topological polar surface area (TPSA) is 30.7 Å². The summed E-state index contributed by atoms with van der Waals surface area (Å²) in [6, 6.07) is 0. The van der Waals surface area contributed by atoms with Crippen LogP contribution in [-0.2, 0) is 12.7 Å². The SMILES string of the molecule is CCn1nnc(C)c1C(F)(F)F. The van der Waals surface area contributed by atoms with Crippen molar-refractivity contribution >= 4 is 0 Å². The molecule has 0 radical (unpaired) electrons. The molecular formula is C6H8F3N3. The van der Waals surface area contributed by atoms with E-state index in [1.54, 1.807) is 6.92 Å². The Hall–Kier alpha value is -1.07. The molecule has 0 fully saturated rings. The summed E-state index contributed by atoms with van der Waals surface area (Å²) in [5, 5.41) is 6.69. The van der Waals surface area contributed by atoms with Gasteiger partial charge < -0.3 is 0 Å². The van der Waals surface area contributed by atoms with Crippen molar-refractivity contribution in [2.75, 3.05) is 0 Å². The van der Waals surface area contributed by atoms with Gasteiger partial charge in [0, 0.05) is 6.54 Å². The molecule has 0 aliphatic carbocycles. The van der Waals surface area contributed by atoms with Crippen LogP contribution in [0.5, 0.6) is 0 Å². The number of aromatic nitrogens is 3. The highest BCUT2D eigenvalue weighted by molar-refractivity contribution is 5.11. The van der Waals surface area contributed by atoms with Gasteiger partial charge in [0.2, 0.25) is 0 Å². The van der Waals surface area contributed by atoms with Gasteiger partial charge in [0.25, 0.3) is 0 Å². The van der Waals surface area contributed by atoms with Crippen LogP contribution in [0.15, 0.2) is 0 Å². The molecule has 0 saturated heterocycles. The second kappa shape index (κ2) is 2.76. The average molecular weight is 179 g/mol. The number of aryl methyl sites for hydroxylation is 2. The van der Waals surface area contributed by atoms with E-state index in [0.29, 0.717) is 0 Å². The van der Waals surface area contributed by atoms with Gasteiger partial charge in [-0.2, -0.15) is 13.2 Å². The van der Waals surface area contributed by atoms with E-state index in [4.69, 9.17) is 0 Å². The van der Waals surface area contributed by atoms with Crippen molar-refractivity contribution < 1.29 is 13.2 Å². The third kappa shape index (κ3) is 1.41. The monoisotopic (exact) mass is 179 g/mol. The Bertz CT molecular complexity index is 276. The van der Waals surface area contributed by atoms with Gasteiger partial charge in [0.1, 0.15) is 0 Å². The molecule has 0 aliphatic rings. The van der Waals surface area contributed by atoms with Gasteiger partial charge in [-0.15, -0.1) is 5.10 Å². The molecule has 0 aromatic carbocycles. The number of alkyl halides is 3. The number of halogens is 3. The minimum atomic E-state index is -4.36. The predicted molar refractivity (Wildman–Crippen MR) is 35.4 cm³/mol. The molecule has 0 saturated carbocycles. The Morgan fingerprint density at radius 3 is 2.33 bits per heavy atom. The average Bonchev–Trinajstić information content (AvgIpc) is 2.29. The van der Waals surface area contributed by atoms with E-state index in [0.717, 1.165) is 4.68 Å². The zero-order valence-electron chi connectivity index (χ0n) is 6.68.